The Balaban J connectivity index is 1.77. The summed E-state index contributed by atoms with van der Waals surface area (Å²) in [6.07, 6.45) is 11.0. The Morgan fingerprint density at radius 1 is 1.21 bits per heavy atom. The Morgan fingerprint density at radius 2 is 1.95 bits per heavy atom. The quantitative estimate of drug-likeness (QED) is 0.900. The maximum atomic E-state index is 12.6. The zero-order valence-corrected chi connectivity index (χ0v) is 11.9. The molecule has 0 atom stereocenters. The van der Waals surface area contributed by atoms with Gasteiger partial charge in [0.15, 0.2) is 5.03 Å². The van der Waals surface area contributed by atoms with E-state index in [9.17, 15) is 8.42 Å². The number of H-pyrrole nitrogens is 1. The summed E-state index contributed by atoms with van der Waals surface area (Å²) < 4.78 is 26.9. The van der Waals surface area contributed by atoms with Gasteiger partial charge in [-0.05, 0) is 31.6 Å². The van der Waals surface area contributed by atoms with Gasteiger partial charge in [-0.2, -0.15) is 4.31 Å². The fourth-order valence-electron chi connectivity index (χ4n) is 2.94. The fourth-order valence-corrected chi connectivity index (χ4v) is 4.60. The molecule has 1 N–H and O–H groups in total. The van der Waals surface area contributed by atoms with Gasteiger partial charge < -0.3 is 4.98 Å². The number of rotatable bonds is 5. The molecule has 2 fully saturated rings. The second-order valence-corrected chi connectivity index (χ2v) is 7.58. The third-order valence-electron chi connectivity index (χ3n) is 4.18. The first-order valence-electron chi connectivity index (χ1n) is 7.18. The molecule has 0 saturated heterocycles. The molecule has 0 aliphatic heterocycles. The average Bonchev–Trinajstić information content (AvgIpc) is 3.09. The van der Waals surface area contributed by atoms with Crippen LogP contribution in [-0.2, 0) is 10.0 Å². The minimum atomic E-state index is -3.38. The normalized spacial score (nSPS) is 21.9. The van der Waals surface area contributed by atoms with E-state index in [0.29, 0.717) is 12.5 Å². The summed E-state index contributed by atoms with van der Waals surface area (Å²) in [7, 11) is -3.38. The topological polar surface area (TPSA) is 66.1 Å². The van der Waals surface area contributed by atoms with Gasteiger partial charge in [-0.15, -0.1) is 0 Å². The molecule has 3 rings (SSSR count). The van der Waals surface area contributed by atoms with Gasteiger partial charge in [0.2, 0.25) is 0 Å². The average molecular weight is 283 g/mol. The van der Waals surface area contributed by atoms with E-state index in [4.69, 9.17) is 0 Å². The molecule has 5 nitrogen and oxygen atoms in total. The molecule has 0 bridgehead atoms. The van der Waals surface area contributed by atoms with E-state index < -0.39 is 10.0 Å². The van der Waals surface area contributed by atoms with E-state index >= 15 is 0 Å². The van der Waals surface area contributed by atoms with Gasteiger partial charge in [-0.25, -0.2) is 13.4 Å². The van der Waals surface area contributed by atoms with E-state index in [-0.39, 0.29) is 11.1 Å². The molecular formula is C13H21N3O2S. The van der Waals surface area contributed by atoms with Gasteiger partial charge in [0.05, 0.1) is 12.5 Å². The summed E-state index contributed by atoms with van der Waals surface area (Å²) in [6, 6.07) is 0.218. The molecule has 0 unspecified atom stereocenters. The highest BCUT2D eigenvalue weighted by molar-refractivity contribution is 7.89. The zero-order chi connectivity index (χ0) is 13.3. The van der Waals surface area contributed by atoms with Gasteiger partial charge in [0.1, 0.15) is 0 Å². The molecule has 19 heavy (non-hydrogen) atoms. The minimum absolute atomic E-state index is 0.218. The minimum Gasteiger partial charge on any atom is -0.335 e. The lowest BCUT2D eigenvalue weighted by Gasteiger charge is -2.28. The predicted octanol–water partition coefficient (Wildman–Crippen LogP) is 2.14. The first kappa shape index (κ1) is 13.1. The van der Waals surface area contributed by atoms with Crippen LogP contribution in [0.25, 0.3) is 0 Å². The zero-order valence-electron chi connectivity index (χ0n) is 11.1. The van der Waals surface area contributed by atoms with Crippen molar-refractivity contribution in [2.75, 3.05) is 6.54 Å². The number of hydrogen-bond donors (Lipinski definition) is 1. The van der Waals surface area contributed by atoms with Crippen LogP contribution in [0.5, 0.6) is 0 Å². The van der Waals surface area contributed by atoms with Crippen molar-refractivity contribution in [3.8, 4) is 0 Å². The van der Waals surface area contributed by atoms with Gasteiger partial charge in [0, 0.05) is 12.6 Å². The Morgan fingerprint density at radius 3 is 2.53 bits per heavy atom. The molecule has 0 spiro atoms. The van der Waals surface area contributed by atoms with Gasteiger partial charge in [0.25, 0.3) is 10.0 Å². The van der Waals surface area contributed by atoms with Crippen LogP contribution in [0, 0.1) is 5.92 Å². The second kappa shape index (κ2) is 5.25. The fraction of sp³-hybridized carbons (Fsp3) is 0.769. The number of aromatic nitrogens is 2. The molecule has 2 aliphatic carbocycles. The van der Waals surface area contributed by atoms with Gasteiger partial charge in [-0.3, -0.25) is 0 Å². The van der Waals surface area contributed by atoms with Crippen molar-refractivity contribution >= 4 is 10.0 Å². The lowest BCUT2D eigenvalue weighted by molar-refractivity contribution is 0.274. The maximum absolute atomic E-state index is 12.6. The number of imidazole rings is 1. The van der Waals surface area contributed by atoms with Crippen LogP contribution in [0.1, 0.15) is 44.9 Å². The third kappa shape index (κ3) is 2.84. The number of sulfonamides is 1. The Kier molecular flexibility index (Phi) is 3.62. The summed E-state index contributed by atoms with van der Waals surface area (Å²) >= 11 is 0. The second-order valence-electron chi connectivity index (χ2n) is 5.73. The number of aromatic amines is 1. The molecule has 2 saturated carbocycles. The van der Waals surface area contributed by atoms with E-state index in [0.717, 1.165) is 12.8 Å². The van der Waals surface area contributed by atoms with Crippen molar-refractivity contribution in [3.05, 3.63) is 12.5 Å². The van der Waals surface area contributed by atoms with Crippen molar-refractivity contribution in [1.29, 1.82) is 0 Å². The van der Waals surface area contributed by atoms with Crippen molar-refractivity contribution in [1.82, 2.24) is 14.3 Å². The molecule has 1 heterocycles. The lowest BCUT2D eigenvalue weighted by atomic mass is 9.89. The number of hydrogen-bond acceptors (Lipinski definition) is 3. The molecule has 106 valence electrons. The summed E-state index contributed by atoms with van der Waals surface area (Å²) in [5, 5.41) is 0.232. The molecule has 0 amide bonds. The van der Waals surface area contributed by atoms with Crippen LogP contribution in [-0.4, -0.2) is 35.3 Å². The first-order chi connectivity index (χ1) is 9.18. The van der Waals surface area contributed by atoms with Crippen LogP contribution in [0.3, 0.4) is 0 Å². The Bertz CT molecular complexity index is 502. The van der Waals surface area contributed by atoms with Crippen molar-refractivity contribution < 1.29 is 8.42 Å². The van der Waals surface area contributed by atoms with Crippen LogP contribution in [0.15, 0.2) is 17.6 Å². The van der Waals surface area contributed by atoms with Crippen molar-refractivity contribution in [2.24, 2.45) is 5.92 Å². The monoisotopic (exact) mass is 283 g/mol. The molecule has 1 aromatic rings. The predicted molar refractivity (Wildman–Crippen MR) is 72.1 cm³/mol. The lowest BCUT2D eigenvalue weighted by Crippen LogP contribution is -2.37. The molecule has 0 radical (unpaired) electrons. The molecule has 0 aromatic carbocycles. The smallest absolute Gasteiger partial charge is 0.260 e. The highest BCUT2D eigenvalue weighted by atomic mass is 32.2. The molecule has 6 heteroatoms. The highest BCUT2D eigenvalue weighted by Crippen LogP contribution is 2.34. The SMILES string of the molecule is O=S(=O)(c1cnc[nH]1)N(CC1CCCCC1)C1CC1. The third-order valence-corrected chi connectivity index (χ3v) is 6.02. The molecule has 1 aromatic heterocycles. The van der Waals surface area contributed by atoms with Gasteiger partial charge in [-0.1, -0.05) is 19.3 Å². The van der Waals surface area contributed by atoms with E-state index in [1.807, 2.05) is 0 Å². The van der Waals surface area contributed by atoms with E-state index in [1.165, 1.54) is 44.6 Å². The Hall–Kier alpha value is -0.880. The molecule has 2 aliphatic rings. The van der Waals surface area contributed by atoms with Crippen LogP contribution in [0.4, 0.5) is 0 Å². The van der Waals surface area contributed by atoms with E-state index in [2.05, 4.69) is 9.97 Å². The maximum Gasteiger partial charge on any atom is 0.260 e. The summed E-state index contributed by atoms with van der Waals surface area (Å²) in [5.74, 6) is 0.534. The van der Waals surface area contributed by atoms with Crippen LogP contribution < -0.4 is 0 Å². The van der Waals surface area contributed by atoms with Crippen LogP contribution >= 0.6 is 0 Å². The Labute approximate surface area is 114 Å². The number of nitrogens with one attached hydrogen (secondary N) is 1. The first-order valence-corrected chi connectivity index (χ1v) is 8.62. The summed E-state index contributed by atoms with van der Waals surface area (Å²) in [5.41, 5.74) is 0. The summed E-state index contributed by atoms with van der Waals surface area (Å²) in [4.78, 5) is 6.57. The summed E-state index contributed by atoms with van der Waals surface area (Å²) in [6.45, 7) is 0.687. The number of nitrogens with zero attached hydrogens (tertiary/aromatic N) is 2. The van der Waals surface area contributed by atoms with E-state index in [1.54, 1.807) is 4.31 Å². The van der Waals surface area contributed by atoms with Crippen molar-refractivity contribution in [2.45, 2.75) is 56.0 Å². The standard InChI is InChI=1S/C13H21N3O2S/c17-19(18,13-8-14-10-15-13)16(12-6-7-12)9-11-4-2-1-3-5-11/h8,10-12H,1-7,9H2,(H,14,15). The molecular weight excluding hydrogens is 262 g/mol. The van der Waals surface area contributed by atoms with Crippen molar-refractivity contribution in [3.63, 3.8) is 0 Å². The largest absolute Gasteiger partial charge is 0.335 e. The highest BCUT2D eigenvalue weighted by Gasteiger charge is 2.39. The van der Waals surface area contributed by atoms with Crippen LogP contribution in [0.2, 0.25) is 0 Å². The van der Waals surface area contributed by atoms with Gasteiger partial charge >= 0.3 is 0 Å².